The smallest absolute Gasteiger partial charge is 0.104 e. The highest BCUT2D eigenvalue weighted by molar-refractivity contribution is 5.08. The molecule has 1 atom stereocenters. The predicted octanol–water partition coefficient (Wildman–Crippen LogP) is 12.7. The summed E-state index contributed by atoms with van der Waals surface area (Å²) in [5, 5.41) is 9.72. The molecule has 0 rings (SSSR count). The van der Waals surface area contributed by atoms with E-state index in [1.54, 1.807) is 0 Å². The molecule has 0 aromatic rings. The van der Waals surface area contributed by atoms with Crippen molar-refractivity contribution in [2.45, 2.75) is 152 Å². The lowest BCUT2D eigenvalue weighted by molar-refractivity contribution is -0.0272. The first kappa shape index (κ1) is 43.8. The molecular formula is C43H72O3. The van der Waals surface area contributed by atoms with Gasteiger partial charge in [-0.15, -0.1) is 0 Å². The van der Waals surface area contributed by atoms with Crippen molar-refractivity contribution in [2.24, 2.45) is 0 Å². The zero-order chi connectivity index (χ0) is 34.6. The fraction of sp³-hybridized carbons (Fsp3) is 0.628. The van der Waals surface area contributed by atoms with E-state index in [1.807, 2.05) is 0 Å². The van der Waals surface area contributed by atoms with Gasteiger partial charge in [-0.1, -0.05) is 93.2 Å². The van der Waals surface area contributed by atoms with Crippen LogP contribution in [0, 0.1) is 0 Å². The van der Waals surface area contributed by atoms with Crippen molar-refractivity contribution in [1.29, 1.82) is 0 Å². The first-order valence-electron chi connectivity index (χ1n) is 17.9. The van der Waals surface area contributed by atoms with E-state index in [9.17, 15) is 5.11 Å². The molecule has 1 unspecified atom stereocenters. The summed E-state index contributed by atoms with van der Waals surface area (Å²) in [5.74, 6) is 0. The molecule has 0 saturated carbocycles. The molecule has 0 amide bonds. The fourth-order valence-corrected chi connectivity index (χ4v) is 4.86. The molecule has 0 radical (unpaired) electrons. The second-order valence-electron chi connectivity index (χ2n) is 13.8. The van der Waals surface area contributed by atoms with Crippen molar-refractivity contribution >= 4 is 0 Å². The minimum atomic E-state index is -0.297. The minimum absolute atomic E-state index is 0.0331. The van der Waals surface area contributed by atoms with Crippen molar-refractivity contribution in [3.8, 4) is 0 Å². The number of ether oxygens (including phenoxy) is 2. The van der Waals surface area contributed by atoms with Gasteiger partial charge in [0.05, 0.1) is 26.4 Å². The van der Waals surface area contributed by atoms with Gasteiger partial charge in [-0.2, -0.15) is 0 Å². The molecular weight excluding hydrogens is 564 g/mol. The van der Waals surface area contributed by atoms with Crippen LogP contribution in [-0.2, 0) is 9.47 Å². The summed E-state index contributed by atoms with van der Waals surface area (Å²) >= 11 is 0. The first-order chi connectivity index (χ1) is 21.9. The molecule has 262 valence electrons. The average molecular weight is 637 g/mol. The molecule has 0 fully saturated rings. The Morgan fingerprint density at radius 2 is 0.739 bits per heavy atom. The van der Waals surface area contributed by atoms with E-state index in [1.165, 1.54) is 44.6 Å². The quantitative estimate of drug-likeness (QED) is 0.0758. The third-order valence-corrected chi connectivity index (χ3v) is 8.13. The van der Waals surface area contributed by atoms with E-state index >= 15 is 0 Å². The molecule has 46 heavy (non-hydrogen) atoms. The molecule has 0 aromatic heterocycles. The Balaban J connectivity index is 4.20. The van der Waals surface area contributed by atoms with Gasteiger partial charge in [0.1, 0.15) is 6.10 Å². The van der Waals surface area contributed by atoms with Gasteiger partial charge >= 0.3 is 0 Å². The number of aliphatic hydroxyl groups is 1. The maximum Gasteiger partial charge on any atom is 0.104 e. The van der Waals surface area contributed by atoms with Crippen molar-refractivity contribution in [3.63, 3.8) is 0 Å². The SMILES string of the molecule is CC(C)=CCC/C(C)=C/CC/C(C)=C/CC/C(C)=C/COCC(CO)OC/C=C(\C)CC/C=C(\C)CC/C=C(\C)CCC=C(C)C. The van der Waals surface area contributed by atoms with Crippen LogP contribution in [0.5, 0.6) is 0 Å². The Hall–Kier alpha value is -2.20. The molecule has 0 aromatic carbocycles. The highest BCUT2D eigenvalue weighted by atomic mass is 16.5. The lowest BCUT2D eigenvalue weighted by Gasteiger charge is -2.14. The highest BCUT2D eigenvalue weighted by Gasteiger charge is 2.07. The number of aliphatic hydroxyl groups excluding tert-OH is 1. The molecule has 0 heterocycles. The van der Waals surface area contributed by atoms with E-state index in [-0.39, 0.29) is 12.7 Å². The van der Waals surface area contributed by atoms with E-state index in [4.69, 9.17) is 9.47 Å². The highest BCUT2D eigenvalue weighted by Crippen LogP contribution is 2.15. The summed E-state index contributed by atoms with van der Waals surface area (Å²) in [4.78, 5) is 0. The lowest BCUT2D eigenvalue weighted by Crippen LogP contribution is -2.24. The summed E-state index contributed by atoms with van der Waals surface area (Å²) in [6, 6.07) is 0. The van der Waals surface area contributed by atoms with Gasteiger partial charge in [0.25, 0.3) is 0 Å². The number of rotatable bonds is 26. The van der Waals surface area contributed by atoms with Crippen LogP contribution in [0.1, 0.15) is 146 Å². The summed E-state index contributed by atoms with van der Waals surface area (Å²) < 4.78 is 11.7. The third-order valence-electron chi connectivity index (χ3n) is 8.13. The van der Waals surface area contributed by atoms with E-state index in [0.29, 0.717) is 19.8 Å². The van der Waals surface area contributed by atoms with Gasteiger partial charge in [-0.25, -0.2) is 0 Å². The van der Waals surface area contributed by atoms with Crippen molar-refractivity contribution in [1.82, 2.24) is 0 Å². The Kier molecular flexibility index (Phi) is 27.6. The number of hydrogen-bond acceptors (Lipinski definition) is 3. The molecule has 0 saturated heterocycles. The van der Waals surface area contributed by atoms with Crippen LogP contribution in [0.4, 0.5) is 0 Å². The number of allylic oxidation sites excluding steroid dienone is 14. The number of hydrogen-bond donors (Lipinski definition) is 1. The van der Waals surface area contributed by atoms with Crippen molar-refractivity contribution in [2.75, 3.05) is 26.4 Å². The van der Waals surface area contributed by atoms with Gasteiger partial charge in [0, 0.05) is 0 Å². The van der Waals surface area contributed by atoms with Gasteiger partial charge < -0.3 is 14.6 Å². The second kappa shape index (κ2) is 29.0. The van der Waals surface area contributed by atoms with Gasteiger partial charge in [-0.05, 0) is 146 Å². The predicted molar refractivity (Wildman–Crippen MR) is 204 cm³/mol. The van der Waals surface area contributed by atoms with E-state index < -0.39 is 0 Å². The largest absolute Gasteiger partial charge is 0.394 e. The van der Waals surface area contributed by atoms with Crippen molar-refractivity contribution < 1.29 is 14.6 Å². The molecule has 1 N–H and O–H groups in total. The second-order valence-corrected chi connectivity index (χ2v) is 13.8. The van der Waals surface area contributed by atoms with Crippen LogP contribution >= 0.6 is 0 Å². The summed E-state index contributed by atoms with van der Waals surface area (Å²) in [5.41, 5.74) is 11.4. The van der Waals surface area contributed by atoms with Crippen LogP contribution in [0.25, 0.3) is 0 Å². The van der Waals surface area contributed by atoms with Gasteiger partial charge in [-0.3, -0.25) is 0 Å². The van der Waals surface area contributed by atoms with Crippen LogP contribution in [0.3, 0.4) is 0 Å². The first-order valence-corrected chi connectivity index (χ1v) is 17.9. The molecule has 0 aliphatic heterocycles. The van der Waals surface area contributed by atoms with Crippen LogP contribution in [-0.4, -0.2) is 37.6 Å². The third kappa shape index (κ3) is 29.2. The molecule has 0 spiro atoms. The molecule has 0 aliphatic rings. The monoisotopic (exact) mass is 637 g/mol. The van der Waals surface area contributed by atoms with Crippen LogP contribution in [0.15, 0.2) is 93.2 Å². The molecule has 0 aliphatic carbocycles. The van der Waals surface area contributed by atoms with Gasteiger partial charge in [0.2, 0.25) is 0 Å². The van der Waals surface area contributed by atoms with Crippen molar-refractivity contribution in [3.05, 3.63) is 93.2 Å². The zero-order valence-electron chi connectivity index (χ0n) is 31.8. The van der Waals surface area contributed by atoms with Gasteiger partial charge in [0.15, 0.2) is 0 Å². The standard InChI is InChI=1S/C43H72O3/c1-35(2)17-11-19-37(5)21-13-23-39(7)25-15-27-41(9)29-31-45-34-43(33-44)46-32-30-42(10)28-16-26-40(8)24-14-22-38(6)20-12-18-36(3)4/h17-18,21-22,25-26,29-30,43-44H,11-16,19-20,23-24,27-28,31-34H2,1-10H3/b37-21+,38-22+,39-25+,40-26+,41-29+,42-30+. The average Bonchev–Trinajstić information content (AvgIpc) is 2.98. The zero-order valence-corrected chi connectivity index (χ0v) is 31.8. The fourth-order valence-electron chi connectivity index (χ4n) is 4.86. The normalized spacial score (nSPS) is 14.5. The minimum Gasteiger partial charge on any atom is -0.394 e. The summed E-state index contributed by atoms with van der Waals surface area (Å²) in [7, 11) is 0. The molecule has 3 heteroatoms. The maximum atomic E-state index is 9.72. The van der Waals surface area contributed by atoms with E-state index in [2.05, 4.69) is 118 Å². The van der Waals surface area contributed by atoms with E-state index in [0.717, 1.165) is 77.0 Å². The maximum absolute atomic E-state index is 9.72. The lowest BCUT2D eigenvalue weighted by atomic mass is 10.0. The van der Waals surface area contributed by atoms with Crippen LogP contribution < -0.4 is 0 Å². The summed E-state index contributed by atoms with van der Waals surface area (Å²) in [6.07, 6.45) is 31.5. The topological polar surface area (TPSA) is 38.7 Å². The Morgan fingerprint density at radius 3 is 1.07 bits per heavy atom. The Bertz CT molecular complexity index is 1050. The molecule has 0 bridgehead atoms. The molecule has 3 nitrogen and oxygen atoms in total. The summed E-state index contributed by atoms with van der Waals surface area (Å²) in [6.45, 7) is 23.4. The van der Waals surface area contributed by atoms with Crippen LogP contribution in [0.2, 0.25) is 0 Å². The Morgan fingerprint density at radius 1 is 0.435 bits per heavy atom. The Labute approximate surface area is 286 Å².